The number of aliphatic hydroxyl groups is 1. The molecule has 0 bridgehead atoms. The van der Waals surface area contributed by atoms with Gasteiger partial charge >= 0.3 is 6.18 Å². The van der Waals surface area contributed by atoms with Gasteiger partial charge in [0.05, 0.1) is 18.3 Å². The Morgan fingerprint density at radius 3 is 2.50 bits per heavy atom. The number of hydrogen-bond donors (Lipinski definition) is 2. The van der Waals surface area contributed by atoms with Crippen molar-refractivity contribution in [2.75, 3.05) is 7.11 Å². The van der Waals surface area contributed by atoms with E-state index in [-0.39, 0.29) is 27.9 Å². The molecule has 0 radical (unpaired) electrons. The number of nitrogens with one attached hydrogen (secondary N) is 1. The van der Waals surface area contributed by atoms with Crippen molar-refractivity contribution in [3.05, 3.63) is 70.0 Å². The maximum Gasteiger partial charge on any atom is 0.422 e. The smallest absolute Gasteiger partial charge is 0.422 e. The van der Waals surface area contributed by atoms with Crippen LogP contribution in [0.5, 0.6) is 5.75 Å². The number of aromatic amines is 1. The van der Waals surface area contributed by atoms with E-state index in [9.17, 15) is 31.9 Å². The van der Waals surface area contributed by atoms with Gasteiger partial charge in [0.15, 0.2) is 5.60 Å². The van der Waals surface area contributed by atoms with Crippen LogP contribution in [-0.4, -0.2) is 35.2 Å². The van der Waals surface area contributed by atoms with Crippen molar-refractivity contribution >= 4 is 22.8 Å². The quantitative estimate of drug-likeness (QED) is 0.407. The molecule has 170 valence electrons. The average molecular weight is 454 g/mol. The van der Waals surface area contributed by atoms with Gasteiger partial charge in [0.25, 0.3) is 0 Å². The summed E-state index contributed by atoms with van der Waals surface area (Å²) < 4.78 is 73.8. The molecular formula is C22H19F5N2O3. The fourth-order valence-corrected chi connectivity index (χ4v) is 3.41. The summed E-state index contributed by atoms with van der Waals surface area (Å²) in [5.41, 5.74) is -3.80. The highest BCUT2D eigenvalue weighted by Crippen LogP contribution is 2.40. The third-order valence-corrected chi connectivity index (χ3v) is 5.03. The monoisotopic (exact) mass is 454 g/mol. The first-order chi connectivity index (χ1) is 14.9. The number of hydrogen-bond acceptors (Lipinski definition) is 4. The van der Waals surface area contributed by atoms with E-state index in [2.05, 4.69) is 9.98 Å². The highest BCUT2D eigenvalue weighted by atomic mass is 19.4. The van der Waals surface area contributed by atoms with Gasteiger partial charge in [-0.2, -0.15) is 13.2 Å². The fraction of sp³-hybridized carbons (Fsp3) is 0.273. The van der Waals surface area contributed by atoms with E-state index >= 15 is 0 Å². The molecule has 32 heavy (non-hydrogen) atoms. The summed E-state index contributed by atoms with van der Waals surface area (Å²) in [5, 5.41) is 10.7. The van der Waals surface area contributed by atoms with Crippen LogP contribution >= 0.6 is 0 Å². The predicted octanol–water partition coefficient (Wildman–Crippen LogP) is 5.00. The number of aliphatic imine (C=N–C) groups is 1. The number of aromatic nitrogens is 1. The molecule has 0 aliphatic carbocycles. The third kappa shape index (κ3) is 4.80. The minimum Gasteiger partial charge on any atom is -0.496 e. The molecule has 0 amide bonds. The summed E-state index contributed by atoms with van der Waals surface area (Å²) >= 11 is 0. The van der Waals surface area contributed by atoms with Gasteiger partial charge in [0.2, 0.25) is 5.56 Å². The molecule has 0 aliphatic heterocycles. The van der Waals surface area contributed by atoms with Gasteiger partial charge in [-0.25, -0.2) is 8.78 Å². The van der Waals surface area contributed by atoms with Gasteiger partial charge in [-0.1, -0.05) is 13.0 Å². The molecule has 0 saturated carbocycles. The number of H-pyrrole nitrogens is 1. The van der Waals surface area contributed by atoms with Crippen molar-refractivity contribution in [1.82, 2.24) is 4.98 Å². The first-order valence-electron chi connectivity index (χ1n) is 9.44. The second-order valence-electron chi connectivity index (χ2n) is 7.38. The van der Waals surface area contributed by atoms with Gasteiger partial charge in [0, 0.05) is 29.8 Å². The number of nitrogens with zero attached hydrogens (tertiary/aromatic N) is 1. The standard InChI is InChI=1S/C22H19F5N2O3/c1-12(15-4-3-13(23)9-19(15)32-2)10-21(31,22(25,26)27)11-28-17-7-14(24)8-18-16(17)5-6-20(30)29-18/h3-9,11-12,31H,10H2,1-2H3,(H,29,30). The zero-order valence-corrected chi connectivity index (χ0v) is 17.0. The predicted molar refractivity (Wildman–Crippen MR) is 110 cm³/mol. The SMILES string of the molecule is COc1cc(F)ccc1C(C)CC(O)(C=Nc1cc(F)cc2[nH]c(=O)ccc12)C(F)(F)F. The topological polar surface area (TPSA) is 74.7 Å². The second-order valence-corrected chi connectivity index (χ2v) is 7.38. The Kier molecular flexibility index (Phi) is 6.36. The van der Waals surface area contributed by atoms with Gasteiger partial charge in [-0.05, 0) is 36.1 Å². The lowest BCUT2D eigenvalue weighted by molar-refractivity contribution is -0.231. The number of alkyl halides is 3. The lowest BCUT2D eigenvalue weighted by atomic mass is 9.86. The van der Waals surface area contributed by atoms with E-state index in [0.29, 0.717) is 6.21 Å². The number of benzene rings is 2. The Hall–Kier alpha value is -3.27. The highest BCUT2D eigenvalue weighted by Gasteiger charge is 2.53. The van der Waals surface area contributed by atoms with Crippen molar-refractivity contribution in [2.45, 2.75) is 31.0 Å². The van der Waals surface area contributed by atoms with Crippen LogP contribution in [0.4, 0.5) is 27.6 Å². The summed E-state index contributed by atoms with van der Waals surface area (Å²) in [6.45, 7) is 1.42. The number of ether oxygens (including phenoxy) is 1. The molecular weight excluding hydrogens is 435 g/mol. The van der Waals surface area contributed by atoms with Crippen molar-refractivity contribution in [3.63, 3.8) is 0 Å². The van der Waals surface area contributed by atoms with Crippen molar-refractivity contribution in [2.24, 2.45) is 4.99 Å². The Morgan fingerprint density at radius 2 is 1.84 bits per heavy atom. The van der Waals surface area contributed by atoms with E-state index in [4.69, 9.17) is 4.74 Å². The summed E-state index contributed by atoms with van der Waals surface area (Å²) in [5.74, 6) is -2.32. The molecule has 3 rings (SSSR count). The molecule has 5 nitrogen and oxygen atoms in total. The maximum absolute atomic E-state index is 13.9. The first-order valence-corrected chi connectivity index (χ1v) is 9.44. The molecule has 1 heterocycles. The molecule has 3 aromatic rings. The molecule has 0 spiro atoms. The van der Waals surface area contributed by atoms with E-state index in [1.807, 2.05) is 0 Å². The van der Waals surface area contributed by atoms with E-state index in [1.165, 1.54) is 26.2 Å². The zero-order valence-electron chi connectivity index (χ0n) is 17.0. The molecule has 1 aromatic heterocycles. The molecule has 0 fully saturated rings. The number of fused-ring (bicyclic) bond motifs is 1. The van der Waals surface area contributed by atoms with E-state index in [0.717, 1.165) is 30.3 Å². The maximum atomic E-state index is 13.9. The molecule has 2 unspecified atom stereocenters. The largest absolute Gasteiger partial charge is 0.496 e. The average Bonchev–Trinajstić information content (AvgIpc) is 2.70. The lowest BCUT2D eigenvalue weighted by Crippen LogP contribution is -2.47. The van der Waals surface area contributed by atoms with Gasteiger partial charge < -0.3 is 14.8 Å². The fourth-order valence-electron chi connectivity index (χ4n) is 3.41. The van der Waals surface area contributed by atoms with Crippen LogP contribution in [0.25, 0.3) is 10.9 Å². The molecule has 10 heteroatoms. The molecule has 0 aliphatic rings. The van der Waals surface area contributed by atoms with Crippen LogP contribution in [0.1, 0.15) is 24.8 Å². The van der Waals surface area contributed by atoms with E-state index in [1.54, 1.807) is 0 Å². The van der Waals surface area contributed by atoms with Crippen molar-refractivity contribution in [1.29, 1.82) is 0 Å². The first kappa shape index (κ1) is 23.4. The minimum absolute atomic E-state index is 0.0408. The summed E-state index contributed by atoms with van der Waals surface area (Å²) in [4.78, 5) is 17.5. The third-order valence-electron chi connectivity index (χ3n) is 5.03. The summed E-state index contributed by atoms with van der Waals surface area (Å²) in [7, 11) is 1.25. The molecule has 2 aromatic carbocycles. The van der Waals surface area contributed by atoms with Crippen LogP contribution in [0.2, 0.25) is 0 Å². The van der Waals surface area contributed by atoms with Crippen molar-refractivity contribution < 1.29 is 31.8 Å². The summed E-state index contributed by atoms with van der Waals surface area (Å²) in [6.07, 6.45) is -5.67. The Labute approximate surface area is 179 Å². The second kappa shape index (κ2) is 8.70. The van der Waals surface area contributed by atoms with Crippen LogP contribution in [0.3, 0.4) is 0 Å². The number of halogens is 5. The number of pyridine rings is 1. The Bertz CT molecular complexity index is 1220. The zero-order chi connectivity index (χ0) is 23.7. The van der Waals surface area contributed by atoms with Crippen LogP contribution in [-0.2, 0) is 0 Å². The van der Waals surface area contributed by atoms with Gasteiger partial charge in [0.1, 0.15) is 17.4 Å². The normalized spacial score (nSPS) is 15.1. The minimum atomic E-state index is -5.12. The summed E-state index contributed by atoms with van der Waals surface area (Å²) in [6, 6.07) is 7.70. The van der Waals surface area contributed by atoms with Crippen molar-refractivity contribution in [3.8, 4) is 5.75 Å². The number of rotatable bonds is 6. The Morgan fingerprint density at radius 1 is 1.12 bits per heavy atom. The van der Waals surface area contributed by atoms with Crippen LogP contribution in [0, 0.1) is 11.6 Å². The molecule has 2 N–H and O–H groups in total. The Balaban J connectivity index is 2.01. The molecule has 2 atom stereocenters. The highest BCUT2D eigenvalue weighted by molar-refractivity contribution is 5.92. The number of methoxy groups -OCH3 is 1. The van der Waals surface area contributed by atoms with Crippen LogP contribution < -0.4 is 10.3 Å². The van der Waals surface area contributed by atoms with Crippen LogP contribution in [0.15, 0.2) is 52.3 Å². The van der Waals surface area contributed by atoms with Gasteiger partial charge in [-0.3, -0.25) is 9.79 Å². The lowest BCUT2D eigenvalue weighted by Gasteiger charge is -2.30. The van der Waals surface area contributed by atoms with E-state index < -0.39 is 41.3 Å². The van der Waals surface area contributed by atoms with Gasteiger partial charge in [-0.15, -0.1) is 0 Å². The molecule has 0 saturated heterocycles.